The molecule has 1 aliphatic heterocycles. The van der Waals surface area contributed by atoms with Gasteiger partial charge in [0.15, 0.2) is 0 Å². The third-order valence-corrected chi connectivity index (χ3v) is 5.26. The lowest BCUT2D eigenvalue weighted by Crippen LogP contribution is -2.21. The fraction of sp³-hybridized carbons (Fsp3) is 0.409. The third kappa shape index (κ3) is 5.62. The Morgan fingerprint density at radius 2 is 2.10 bits per heavy atom. The molecule has 1 aromatic carbocycles. The molecule has 7 heteroatoms. The van der Waals surface area contributed by atoms with Crippen LogP contribution < -0.4 is 4.74 Å². The first-order valence-corrected chi connectivity index (χ1v) is 10.1. The summed E-state index contributed by atoms with van der Waals surface area (Å²) < 4.78 is 7.97. The summed E-state index contributed by atoms with van der Waals surface area (Å²) in [4.78, 5) is 14.8. The van der Waals surface area contributed by atoms with E-state index < -0.39 is 0 Å². The van der Waals surface area contributed by atoms with Crippen molar-refractivity contribution in [2.75, 3.05) is 19.7 Å². The molecule has 3 heterocycles. The van der Waals surface area contributed by atoms with E-state index in [1.807, 2.05) is 24.7 Å². The molecule has 152 valence electrons. The van der Waals surface area contributed by atoms with Gasteiger partial charge in [-0.1, -0.05) is 12.1 Å². The van der Waals surface area contributed by atoms with Crippen molar-refractivity contribution in [2.45, 2.75) is 32.0 Å². The van der Waals surface area contributed by atoms with Gasteiger partial charge >= 0.3 is 0 Å². The fourth-order valence-electron chi connectivity index (χ4n) is 3.82. The number of β-amino-alcohol motifs (C(OH)–C–C–N with tert-alkyl or cyclic N) is 1. The normalized spacial score (nSPS) is 19.5. The number of rotatable bonds is 9. The SMILES string of the molecule is O[C@@H]1CN(Cc2cccc(OCCCn3ccnc3)c2)C[C@H]1Cc1cnccn1. The van der Waals surface area contributed by atoms with Gasteiger partial charge in [0, 0.05) is 63.1 Å². The Balaban J connectivity index is 1.25. The number of hydrogen-bond donors (Lipinski definition) is 1. The van der Waals surface area contributed by atoms with Crippen molar-refractivity contribution in [1.29, 1.82) is 0 Å². The number of ether oxygens (including phenoxy) is 1. The van der Waals surface area contributed by atoms with Crippen LogP contribution in [-0.2, 0) is 19.5 Å². The van der Waals surface area contributed by atoms with Gasteiger partial charge in [0.05, 0.1) is 24.7 Å². The highest BCUT2D eigenvalue weighted by Crippen LogP contribution is 2.23. The fourth-order valence-corrected chi connectivity index (χ4v) is 3.82. The van der Waals surface area contributed by atoms with E-state index in [1.54, 1.807) is 24.8 Å². The summed E-state index contributed by atoms with van der Waals surface area (Å²) in [7, 11) is 0. The van der Waals surface area contributed by atoms with Crippen molar-refractivity contribution in [3.63, 3.8) is 0 Å². The number of benzene rings is 1. The molecule has 0 amide bonds. The van der Waals surface area contributed by atoms with Crippen LogP contribution in [-0.4, -0.2) is 55.3 Å². The van der Waals surface area contributed by atoms with E-state index in [0.29, 0.717) is 13.2 Å². The van der Waals surface area contributed by atoms with Crippen LogP contribution in [0.2, 0.25) is 0 Å². The second-order valence-electron chi connectivity index (χ2n) is 7.57. The predicted octanol–water partition coefficient (Wildman–Crippen LogP) is 2.18. The molecule has 7 nitrogen and oxygen atoms in total. The summed E-state index contributed by atoms with van der Waals surface area (Å²) in [5, 5.41) is 10.5. The zero-order chi connectivity index (χ0) is 19.9. The number of hydrogen-bond acceptors (Lipinski definition) is 6. The van der Waals surface area contributed by atoms with Crippen LogP contribution in [0.3, 0.4) is 0 Å². The monoisotopic (exact) mass is 393 g/mol. The maximum Gasteiger partial charge on any atom is 0.119 e. The van der Waals surface area contributed by atoms with Crippen molar-refractivity contribution < 1.29 is 9.84 Å². The average Bonchev–Trinajstić information content (AvgIpc) is 3.36. The number of aliphatic hydroxyl groups excluding tert-OH is 1. The molecule has 0 aliphatic carbocycles. The minimum absolute atomic E-state index is 0.189. The van der Waals surface area contributed by atoms with Crippen LogP contribution >= 0.6 is 0 Å². The molecular formula is C22H27N5O2. The van der Waals surface area contributed by atoms with Gasteiger partial charge < -0.3 is 14.4 Å². The van der Waals surface area contributed by atoms with Crippen molar-refractivity contribution in [1.82, 2.24) is 24.4 Å². The van der Waals surface area contributed by atoms with Gasteiger partial charge in [-0.3, -0.25) is 14.9 Å². The van der Waals surface area contributed by atoms with Crippen LogP contribution in [0.4, 0.5) is 0 Å². The first-order valence-electron chi connectivity index (χ1n) is 10.1. The standard InChI is InChI=1S/C22H27N5O2/c28-22-16-27(15-19(22)12-20-13-23-5-6-25-20)14-18-3-1-4-21(11-18)29-10-2-8-26-9-7-24-17-26/h1,3-7,9,11,13,17,19,22,28H,2,8,10,12,14-16H2/t19-,22-/m1/s1. The highest BCUT2D eigenvalue weighted by molar-refractivity contribution is 5.28. The van der Waals surface area contributed by atoms with Crippen LogP contribution in [0.25, 0.3) is 0 Å². The van der Waals surface area contributed by atoms with Crippen molar-refractivity contribution >= 4 is 0 Å². The molecule has 1 N–H and O–H groups in total. The zero-order valence-corrected chi connectivity index (χ0v) is 16.5. The molecular weight excluding hydrogens is 366 g/mol. The highest BCUT2D eigenvalue weighted by atomic mass is 16.5. The number of aliphatic hydroxyl groups is 1. The van der Waals surface area contributed by atoms with E-state index in [1.165, 1.54) is 5.56 Å². The number of likely N-dealkylation sites (tertiary alicyclic amines) is 1. The second-order valence-corrected chi connectivity index (χ2v) is 7.57. The van der Waals surface area contributed by atoms with Gasteiger partial charge in [-0.2, -0.15) is 0 Å². The maximum absolute atomic E-state index is 10.5. The summed E-state index contributed by atoms with van der Waals surface area (Å²) in [5.41, 5.74) is 2.13. The molecule has 4 rings (SSSR count). The van der Waals surface area contributed by atoms with Crippen LogP contribution in [0.1, 0.15) is 17.7 Å². The van der Waals surface area contributed by atoms with E-state index in [4.69, 9.17) is 4.74 Å². The maximum atomic E-state index is 10.5. The Hall–Kier alpha value is -2.77. The predicted molar refractivity (Wildman–Crippen MR) is 109 cm³/mol. The van der Waals surface area contributed by atoms with Gasteiger partial charge in [0.1, 0.15) is 5.75 Å². The lowest BCUT2D eigenvalue weighted by molar-refractivity contribution is 0.140. The van der Waals surface area contributed by atoms with Crippen LogP contribution in [0.15, 0.2) is 61.6 Å². The molecule has 0 saturated carbocycles. The van der Waals surface area contributed by atoms with E-state index in [9.17, 15) is 5.11 Å². The minimum atomic E-state index is -0.334. The Bertz CT molecular complexity index is 872. The molecule has 1 aliphatic rings. The molecule has 0 bridgehead atoms. The summed E-state index contributed by atoms with van der Waals surface area (Å²) in [6.07, 6.45) is 12.1. The Morgan fingerprint density at radius 3 is 2.93 bits per heavy atom. The number of aryl methyl sites for hydroxylation is 1. The molecule has 0 radical (unpaired) electrons. The third-order valence-electron chi connectivity index (χ3n) is 5.26. The molecule has 1 fully saturated rings. The Morgan fingerprint density at radius 1 is 1.14 bits per heavy atom. The van der Waals surface area contributed by atoms with Crippen LogP contribution in [0, 0.1) is 5.92 Å². The highest BCUT2D eigenvalue weighted by Gasteiger charge is 2.31. The molecule has 29 heavy (non-hydrogen) atoms. The minimum Gasteiger partial charge on any atom is -0.494 e. The first kappa shape index (κ1) is 19.5. The summed E-state index contributed by atoms with van der Waals surface area (Å²) in [5.74, 6) is 1.08. The van der Waals surface area contributed by atoms with E-state index >= 15 is 0 Å². The van der Waals surface area contributed by atoms with Gasteiger partial charge in [-0.15, -0.1) is 0 Å². The largest absolute Gasteiger partial charge is 0.494 e. The van der Waals surface area contributed by atoms with Gasteiger partial charge in [0.25, 0.3) is 0 Å². The molecule has 1 saturated heterocycles. The van der Waals surface area contributed by atoms with Crippen molar-refractivity contribution in [2.24, 2.45) is 5.92 Å². The zero-order valence-electron chi connectivity index (χ0n) is 16.5. The molecule has 3 aromatic rings. The van der Waals surface area contributed by atoms with E-state index in [-0.39, 0.29) is 12.0 Å². The number of imidazole rings is 1. The topological polar surface area (TPSA) is 76.3 Å². The Labute approximate surface area is 171 Å². The molecule has 2 atom stereocenters. The lowest BCUT2D eigenvalue weighted by atomic mass is 10.0. The average molecular weight is 393 g/mol. The quantitative estimate of drug-likeness (QED) is 0.562. The molecule has 2 aromatic heterocycles. The number of nitrogens with zero attached hydrogens (tertiary/aromatic N) is 5. The van der Waals surface area contributed by atoms with Crippen molar-refractivity contribution in [3.8, 4) is 5.75 Å². The summed E-state index contributed by atoms with van der Waals surface area (Å²) in [6, 6.07) is 8.24. The van der Waals surface area contributed by atoms with Gasteiger partial charge in [-0.05, 0) is 30.5 Å². The lowest BCUT2D eigenvalue weighted by Gasteiger charge is -2.16. The van der Waals surface area contributed by atoms with Crippen molar-refractivity contribution in [3.05, 3.63) is 72.8 Å². The first-order chi connectivity index (χ1) is 14.3. The second kappa shape index (κ2) is 9.62. The molecule has 0 unspecified atom stereocenters. The van der Waals surface area contributed by atoms with E-state index in [0.717, 1.165) is 43.9 Å². The Kier molecular flexibility index (Phi) is 6.49. The van der Waals surface area contributed by atoms with E-state index in [2.05, 4.69) is 36.6 Å². The number of aromatic nitrogens is 4. The smallest absolute Gasteiger partial charge is 0.119 e. The summed E-state index contributed by atoms with van der Waals surface area (Å²) in [6.45, 7) is 3.91. The van der Waals surface area contributed by atoms with Gasteiger partial charge in [-0.25, -0.2) is 4.98 Å². The summed E-state index contributed by atoms with van der Waals surface area (Å²) >= 11 is 0. The van der Waals surface area contributed by atoms with Gasteiger partial charge in [0.2, 0.25) is 0 Å². The molecule has 0 spiro atoms. The van der Waals surface area contributed by atoms with Crippen LogP contribution in [0.5, 0.6) is 5.75 Å².